The minimum Gasteiger partial charge on any atom is -0.497 e. The van der Waals surface area contributed by atoms with Crippen molar-refractivity contribution in [2.45, 2.75) is 6.54 Å². The maximum atomic E-state index is 12.6. The number of benzene rings is 3. The molecule has 1 amide bonds. The lowest BCUT2D eigenvalue weighted by molar-refractivity contribution is -0.116. The zero-order valence-corrected chi connectivity index (χ0v) is 14.9. The molecular weight excluding hydrogens is 338 g/mol. The van der Waals surface area contributed by atoms with E-state index in [-0.39, 0.29) is 12.5 Å². The lowest BCUT2D eigenvalue weighted by Crippen LogP contribution is -2.19. The van der Waals surface area contributed by atoms with Crippen LogP contribution in [0.15, 0.2) is 78.9 Å². The summed E-state index contributed by atoms with van der Waals surface area (Å²) in [6.45, 7) is 0.169. The van der Waals surface area contributed by atoms with E-state index < -0.39 is 0 Å². The Kier molecular flexibility index (Phi) is 4.58. The molecule has 0 bridgehead atoms. The number of hydrogen-bond donors (Lipinski definition) is 1. The second kappa shape index (κ2) is 7.33. The van der Waals surface area contributed by atoms with Gasteiger partial charge in [0.05, 0.1) is 18.1 Å². The molecule has 0 aliphatic heterocycles. The van der Waals surface area contributed by atoms with Gasteiger partial charge in [0.1, 0.15) is 18.1 Å². The summed E-state index contributed by atoms with van der Waals surface area (Å²) in [5.74, 6) is 1.38. The van der Waals surface area contributed by atoms with Gasteiger partial charge in [0, 0.05) is 11.3 Å². The molecule has 5 nitrogen and oxygen atoms in total. The van der Waals surface area contributed by atoms with Crippen LogP contribution in [0, 0.1) is 0 Å². The van der Waals surface area contributed by atoms with Crippen LogP contribution in [0.1, 0.15) is 0 Å². The molecule has 0 saturated heterocycles. The number of imidazole rings is 1. The average molecular weight is 357 g/mol. The minimum absolute atomic E-state index is 0.103. The number of nitrogens with one attached hydrogen (secondary N) is 1. The zero-order valence-electron chi connectivity index (χ0n) is 14.9. The summed E-state index contributed by atoms with van der Waals surface area (Å²) >= 11 is 0. The van der Waals surface area contributed by atoms with Gasteiger partial charge in [-0.3, -0.25) is 4.79 Å². The highest BCUT2D eigenvalue weighted by Gasteiger charge is 2.15. The Morgan fingerprint density at radius 2 is 1.78 bits per heavy atom. The number of carbonyl (C=O) groups excluding carboxylic acids is 1. The van der Waals surface area contributed by atoms with Crippen LogP contribution in [0.4, 0.5) is 5.69 Å². The molecule has 4 aromatic rings. The van der Waals surface area contributed by atoms with Crippen LogP contribution in [-0.2, 0) is 11.3 Å². The molecule has 1 heterocycles. The van der Waals surface area contributed by atoms with Crippen molar-refractivity contribution in [2.75, 3.05) is 12.4 Å². The van der Waals surface area contributed by atoms with Crippen molar-refractivity contribution in [3.63, 3.8) is 0 Å². The summed E-state index contributed by atoms with van der Waals surface area (Å²) in [5, 5.41) is 2.93. The van der Waals surface area contributed by atoms with Gasteiger partial charge in [-0.1, -0.05) is 42.5 Å². The van der Waals surface area contributed by atoms with E-state index >= 15 is 0 Å². The predicted octanol–water partition coefficient (Wildman–Crippen LogP) is 4.35. The van der Waals surface area contributed by atoms with Crippen molar-refractivity contribution < 1.29 is 9.53 Å². The molecule has 1 aromatic heterocycles. The van der Waals surface area contributed by atoms with E-state index in [9.17, 15) is 4.79 Å². The molecule has 5 heteroatoms. The number of carbonyl (C=O) groups is 1. The highest BCUT2D eigenvalue weighted by atomic mass is 16.5. The molecule has 0 aliphatic rings. The van der Waals surface area contributed by atoms with Crippen molar-refractivity contribution in [3.8, 4) is 17.1 Å². The third kappa shape index (κ3) is 3.53. The Bertz CT molecular complexity index is 1090. The number of aromatic nitrogens is 2. The van der Waals surface area contributed by atoms with Crippen molar-refractivity contribution in [1.82, 2.24) is 9.55 Å². The molecule has 4 rings (SSSR count). The van der Waals surface area contributed by atoms with E-state index in [4.69, 9.17) is 9.72 Å². The third-order valence-electron chi connectivity index (χ3n) is 4.34. The second-order valence-corrected chi connectivity index (χ2v) is 6.16. The van der Waals surface area contributed by atoms with Crippen LogP contribution in [-0.4, -0.2) is 22.6 Å². The Labute approximate surface area is 157 Å². The highest BCUT2D eigenvalue weighted by molar-refractivity contribution is 5.92. The van der Waals surface area contributed by atoms with Crippen LogP contribution in [0.3, 0.4) is 0 Å². The first kappa shape index (κ1) is 16.8. The summed E-state index contributed by atoms with van der Waals surface area (Å²) in [7, 11) is 1.63. The van der Waals surface area contributed by atoms with E-state index in [1.54, 1.807) is 7.11 Å². The number of nitrogens with zero attached hydrogens (tertiary/aromatic N) is 2. The molecule has 0 spiro atoms. The summed E-state index contributed by atoms with van der Waals surface area (Å²) in [6.07, 6.45) is 0. The molecule has 0 aliphatic carbocycles. The fourth-order valence-electron chi connectivity index (χ4n) is 3.08. The maximum absolute atomic E-state index is 12.6. The quantitative estimate of drug-likeness (QED) is 0.578. The van der Waals surface area contributed by atoms with Gasteiger partial charge in [-0.2, -0.15) is 0 Å². The van der Waals surface area contributed by atoms with Crippen molar-refractivity contribution in [1.29, 1.82) is 0 Å². The van der Waals surface area contributed by atoms with Crippen LogP contribution in [0.5, 0.6) is 5.75 Å². The van der Waals surface area contributed by atoms with Crippen molar-refractivity contribution in [3.05, 3.63) is 78.9 Å². The number of hydrogen-bond acceptors (Lipinski definition) is 3. The highest BCUT2D eigenvalue weighted by Crippen LogP contribution is 2.27. The topological polar surface area (TPSA) is 56.2 Å². The Morgan fingerprint density at radius 1 is 1.00 bits per heavy atom. The van der Waals surface area contributed by atoms with E-state index in [1.807, 2.05) is 83.4 Å². The van der Waals surface area contributed by atoms with E-state index in [2.05, 4.69) is 5.32 Å². The molecule has 0 radical (unpaired) electrons. The average Bonchev–Trinajstić information content (AvgIpc) is 3.07. The SMILES string of the molecule is COc1cccc(-c2nc3ccccc3n2CC(=O)Nc2ccccc2)c1. The van der Waals surface area contributed by atoms with Crippen LogP contribution >= 0.6 is 0 Å². The van der Waals surface area contributed by atoms with Crippen molar-refractivity contribution in [2.24, 2.45) is 0 Å². The van der Waals surface area contributed by atoms with E-state index in [0.29, 0.717) is 0 Å². The molecule has 3 aromatic carbocycles. The lowest BCUT2D eigenvalue weighted by atomic mass is 10.2. The molecule has 0 saturated carbocycles. The smallest absolute Gasteiger partial charge is 0.244 e. The monoisotopic (exact) mass is 357 g/mol. The Hall–Kier alpha value is -3.60. The Morgan fingerprint density at radius 3 is 2.59 bits per heavy atom. The first-order valence-electron chi connectivity index (χ1n) is 8.69. The number of para-hydroxylation sites is 3. The van der Waals surface area contributed by atoms with Crippen LogP contribution in [0.25, 0.3) is 22.4 Å². The number of amides is 1. The minimum atomic E-state index is -0.103. The number of methoxy groups -OCH3 is 1. The summed E-state index contributed by atoms with van der Waals surface area (Å²) < 4.78 is 7.27. The molecule has 0 fully saturated rings. The predicted molar refractivity (Wildman–Crippen MR) is 107 cm³/mol. The first-order valence-corrected chi connectivity index (χ1v) is 8.69. The van der Waals surface area contributed by atoms with E-state index in [1.165, 1.54) is 0 Å². The van der Waals surface area contributed by atoms with Gasteiger partial charge in [0.2, 0.25) is 5.91 Å². The Balaban J connectivity index is 1.73. The number of ether oxygens (including phenoxy) is 1. The molecular formula is C22H19N3O2. The molecule has 0 atom stereocenters. The van der Waals surface area contributed by atoms with Gasteiger partial charge >= 0.3 is 0 Å². The van der Waals surface area contributed by atoms with Gasteiger partial charge in [-0.25, -0.2) is 4.98 Å². The summed E-state index contributed by atoms with van der Waals surface area (Å²) in [5.41, 5.74) is 3.44. The van der Waals surface area contributed by atoms with E-state index in [0.717, 1.165) is 33.9 Å². The summed E-state index contributed by atoms with van der Waals surface area (Å²) in [4.78, 5) is 17.4. The van der Waals surface area contributed by atoms with Gasteiger partial charge in [-0.15, -0.1) is 0 Å². The van der Waals surface area contributed by atoms with Gasteiger partial charge < -0.3 is 14.6 Å². The van der Waals surface area contributed by atoms with Crippen molar-refractivity contribution >= 4 is 22.6 Å². The van der Waals surface area contributed by atoms with Gasteiger partial charge in [0.25, 0.3) is 0 Å². The number of anilines is 1. The number of fused-ring (bicyclic) bond motifs is 1. The normalized spacial score (nSPS) is 10.7. The molecule has 0 unspecified atom stereocenters. The van der Waals surface area contributed by atoms with Crippen LogP contribution in [0.2, 0.25) is 0 Å². The molecule has 134 valence electrons. The largest absolute Gasteiger partial charge is 0.497 e. The summed E-state index contributed by atoms with van der Waals surface area (Å²) in [6, 6.07) is 25.0. The lowest BCUT2D eigenvalue weighted by Gasteiger charge is -2.11. The van der Waals surface area contributed by atoms with Gasteiger partial charge in [0.15, 0.2) is 0 Å². The first-order chi connectivity index (χ1) is 13.2. The van der Waals surface area contributed by atoms with Gasteiger partial charge in [-0.05, 0) is 36.4 Å². The molecule has 27 heavy (non-hydrogen) atoms. The fourth-order valence-corrected chi connectivity index (χ4v) is 3.08. The standard InChI is InChI=1S/C22H19N3O2/c1-27-18-11-7-8-16(14-18)22-24-19-12-5-6-13-20(19)25(22)15-21(26)23-17-9-3-2-4-10-17/h2-14H,15H2,1H3,(H,23,26). The third-order valence-corrected chi connectivity index (χ3v) is 4.34. The zero-order chi connectivity index (χ0) is 18.6. The maximum Gasteiger partial charge on any atom is 0.244 e. The van der Waals surface area contributed by atoms with Crippen LogP contribution < -0.4 is 10.1 Å². The second-order valence-electron chi connectivity index (χ2n) is 6.16. The molecule has 1 N–H and O–H groups in total. The fraction of sp³-hybridized carbons (Fsp3) is 0.0909. The number of rotatable bonds is 5.